The molecule has 0 aliphatic carbocycles. The van der Waals surface area contributed by atoms with Gasteiger partial charge in [-0.1, -0.05) is 23.8 Å². The predicted octanol–water partition coefficient (Wildman–Crippen LogP) is 3.98. The standard InChI is InChI=1S/C23H22N4O5S3/c1-15-4-7-18(8-5-15)33-11-10-32-19-9-6-16(13-20(19)31-2)12-17(14-24)21(28)25-22-26-23(27-34-22)35(3,29)30/h4-9,12-13H,10-11H2,1-3H3,(H,25,26,27,28). The summed E-state index contributed by atoms with van der Waals surface area (Å²) >= 11 is 2.39. The summed E-state index contributed by atoms with van der Waals surface area (Å²) in [4.78, 5) is 17.4. The van der Waals surface area contributed by atoms with Crippen LogP contribution in [0.25, 0.3) is 6.08 Å². The number of ether oxygens (including phenoxy) is 2. The number of nitrogens with zero attached hydrogens (tertiary/aromatic N) is 3. The molecular formula is C23H22N4O5S3. The van der Waals surface area contributed by atoms with Gasteiger partial charge < -0.3 is 9.47 Å². The first-order valence-corrected chi connectivity index (χ1v) is 13.8. The molecule has 182 valence electrons. The van der Waals surface area contributed by atoms with Gasteiger partial charge in [0.2, 0.25) is 15.0 Å². The molecule has 0 fully saturated rings. The number of anilines is 1. The van der Waals surface area contributed by atoms with E-state index in [-0.39, 0.29) is 10.7 Å². The lowest BCUT2D eigenvalue weighted by Crippen LogP contribution is -2.13. The summed E-state index contributed by atoms with van der Waals surface area (Å²) in [7, 11) is -2.09. The van der Waals surface area contributed by atoms with Crippen molar-refractivity contribution in [3.63, 3.8) is 0 Å². The summed E-state index contributed by atoms with van der Waals surface area (Å²) in [6.07, 6.45) is 2.35. The number of methoxy groups -OCH3 is 1. The fourth-order valence-electron chi connectivity index (χ4n) is 2.73. The van der Waals surface area contributed by atoms with E-state index in [1.165, 1.54) is 18.7 Å². The Morgan fingerprint density at radius 3 is 2.60 bits per heavy atom. The molecule has 0 unspecified atom stereocenters. The van der Waals surface area contributed by atoms with Crippen LogP contribution in [0.5, 0.6) is 11.5 Å². The van der Waals surface area contributed by atoms with Crippen LogP contribution in [0, 0.1) is 18.3 Å². The average molecular weight is 531 g/mol. The van der Waals surface area contributed by atoms with E-state index in [0.717, 1.165) is 16.9 Å². The van der Waals surface area contributed by atoms with Gasteiger partial charge in [-0.15, -0.1) is 11.8 Å². The van der Waals surface area contributed by atoms with E-state index in [0.29, 0.717) is 35.2 Å². The van der Waals surface area contributed by atoms with Crippen LogP contribution in [0.3, 0.4) is 0 Å². The maximum atomic E-state index is 12.5. The summed E-state index contributed by atoms with van der Waals surface area (Å²) in [5.41, 5.74) is 1.55. The molecule has 3 aromatic rings. The second kappa shape index (κ2) is 11.8. The van der Waals surface area contributed by atoms with E-state index < -0.39 is 20.9 Å². The monoisotopic (exact) mass is 530 g/mol. The molecule has 0 atom stereocenters. The summed E-state index contributed by atoms with van der Waals surface area (Å²) < 4.78 is 37.9. The number of amides is 1. The molecule has 0 saturated heterocycles. The highest BCUT2D eigenvalue weighted by atomic mass is 32.2. The first kappa shape index (κ1) is 26.2. The lowest BCUT2D eigenvalue weighted by atomic mass is 10.1. The van der Waals surface area contributed by atoms with Gasteiger partial charge in [0.15, 0.2) is 11.5 Å². The number of nitriles is 1. The normalized spacial score (nSPS) is 11.5. The van der Waals surface area contributed by atoms with Crippen molar-refractivity contribution in [3.05, 3.63) is 59.2 Å². The molecule has 0 aliphatic heterocycles. The van der Waals surface area contributed by atoms with Crippen molar-refractivity contribution in [2.75, 3.05) is 31.0 Å². The molecule has 0 bridgehead atoms. The number of sulfone groups is 1. The van der Waals surface area contributed by atoms with Crippen LogP contribution in [-0.2, 0) is 14.6 Å². The minimum Gasteiger partial charge on any atom is -0.493 e. The molecule has 1 N–H and O–H groups in total. The number of rotatable bonds is 10. The van der Waals surface area contributed by atoms with Gasteiger partial charge in [0.05, 0.1) is 13.7 Å². The molecule has 2 aromatic carbocycles. The van der Waals surface area contributed by atoms with Crippen LogP contribution in [0.15, 0.2) is 58.1 Å². The Kier molecular flexibility index (Phi) is 8.86. The van der Waals surface area contributed by atoms with Gasteiger partial charge >= 0.3 is 0 Å². The Morgan fingerprint density at radius 2 is 1.97 bits per heavy atom. The third-order valence-electron chi connectivity index (χ3n) is 4.45. The van der Waals surface area contributed by atoms with Gasteiger partial charge in [0.25, 0.3) is 11.1 Å². The quantitative estimate of drug-likeness (QED) is 0.179. The number of hydrogen-bond acceptors (Lipinski definition) is 10. The Morgan fingerprint density at radius 1 is 1.23 bits per heavy atom. The zero-order valence-electron chi connectivity index (χ0n) is 19.1. The van der Waals surface area contributed by atoms with Crippen molar-refractivity contribution >= 4 is 50.2 Å². The topological polar surface area (TPSA) is 131 Å². The number of thioether (sulfide) groups is 1. The van der Waals surface area contributed by atoms with E-state index in [9.17, 15) is 18.5 Å². The molecule has 1 amide bonds. The fraction of sp³-hybridized carbons (Fsp3) is 0.217. The smallest absolute Gasteiger partial charge is 0.268 e. The van der Waals surface area contributed by atoms with Gasteiger partial charge in [-0.3, -0.25) is 10.1 Å². The first-order valence-electron chi connectivity index (χ1n) is 10.2. The minimum absolute atomic E-state index is 0.0265. The molecule has 1 heterocycles. The maximum Gasteiger partial charge on any atom is 0.268 e. The number of carbonyl (C=O) groups excluding carboxylic acids is 1. The third kappa shape index (κ3) is 7.54. The highest BCUT2D eigenvalue weighted by Gasteiger charge is 2.17. The predicted molar refractivity (Wildman–Crippen MR) is 136 cm³/mol. The van der Waals surface area contributed by atoms with Crippen molar-refractivity contribution in [1.29, 1.82) is 5.26 Å². The van der Waals surface area contributed by atoms with Gasteiger partial charge in [0, 0.05) is 28.4 Å². The summed E-state index contributed by atoms with van der Waals surface area (Å²) in [5, 5.41) is 11.4. The second-order valence-electron chi connectivity index (χ2n) is 7.20. The lowest BCUT2D eigenvalue weighted by Gasteiger charge is -2.11. The average Bonchev–Trinajstić information content (AvgIpc) is 3.31. The number of aryl methyl sites for hydroxylation is 1. The van der Waals surface area contributed by atoms with Crippen LogP contribution in [-0.4, -0.2) is 49.4 Å². The molecule has 9 nitrogen and oxygen atoms in total. The number of nitrogens with one attached hydrogen (secondary N) is 1. The Hall–Kier alpha value is -3.40. The van der Waals surface area contributed by atoms with E-state index in [2.05, 4.69) is 38.9 Å². The second-order valence-corrected chi connectivity index (χ2v) is 11.0. The summed E-state index contributed by atoms with van der Waals surface area (Å²) in [6.45, 7) is 2.51. The molecule has 0 saturated carbocycles. The van der Waals surface area contributed by atoms with E-state index in [1.54, 1.807) is 30.0 Å². The molecule has 3 rings (SSSR count). The Labute approximate surface area is 211 Å². The highest BCUT2D eigenvalue weighted by molar-refractivity contribution is 7.99. The van der Waals surface area contributed by atoms with Crippen molar-refractivity contribution in [2.45, 2.75) is 17.0 Å². The van der Waals surface area contributed by atoms with Crippen molar-refractivity contribution in [2.24, 2.45) is 0 Å². The maximum absolute atomic E-state index is 12.5. The molecular weight excluding hydrogens is 508 g/mol. The van der Waals surface area contributed by atoms with Crippen LogP contribution in [0.2, 0.25) is 0 Å². The summed E-state index contributed by atoms with van der Waals surface area (Å²) in [6, 6.07) is 15.2. The lowest BCUT2D eigenvalue weighted by molar-refractivity contribution is -0.112. The van der Waals surface area contributed by atoms with E-state index in [4.69, 9.17) is 9.47 Å². The van der Waals surface area contributed by atoms with Crippen LogP contribution in [0.4, 0.5) is 5.13 Å². The molecule has 1 aromatic heterocycles. The molecule has 0 aliphatic rings. The third-order valence-corrected chi connectivity index (χ3v) is 7.02. The summed E-state index contributed by atoms with van der Waals surface area (Å²) in [5.74, 6) is 1.01. The molecule has 0 spiro atoms. The number of carbonyl (C=O) groups is 1. The zero-order chi connectivity index (χ0) is 25.4. The van der Waals surface area contributed by atoms with Crippen molar-refractivity contribution < 1.29 is 22.7 Å². The molecule has 12 heteroatoms. The fourth-order valence-corrected chi connectivity index (χ4v) is 4.90. The van der Waals surface area contributed by atoms with Crippen LogP contribution in [0.1, 0.15) is 11.1 Å². The van der Waals surface area contributed by atoms with E-state index >= 15 is 0 Å². The van der Waals surface area contributed by atoms with Gasteiger partial charge in [-0.05, 0) is 42.8 Å². The van der Waals surface area contributed by atoms with E-state index in [1.807, 2.05) is 13.0 Å². The Bertz CT molecular complexity index is 1380. The minimum atomic E-state index is -3.60. The van der Waals surface area contributed by atoms with Gasteiger partial charge in [0.1, 0.15) is 11.6 Å². The number of benzene rings is 2. The van der Waals surface area contributed by atoms with Crippen molar-refractivity contribution in [1.82, 2.24) is 9.36 Å². The Balaban J connectivity index is 1.64. The van der Waals surface area contributed by atoms with Crippen LogP contribution >= 0.6 is 23.3 Å². The first-order chi connectivity index (χ1) is 16.7. The highest BCUT2D eigenvalue weighted by Crippen LogP contribution is 2.29. The largest absolute Gasteiger partial charge is 0.493 e. The number of hydrogen-bond donors (Lipinski definition) is 1. The zero-order valence-corrected chi connectivity index (χ0v) is 21.6. The molecule has 35 heavy (non-hydrogen) atoms. The van der Waals surface area contributed by atoms with Gasteiger partial charge in [-0.2, -0.15) is 14.6 Å². The SMILES string of the molecule is COc1cc(C=C(C#N)C(=O)Nc2nc(S(C)(=O)=O)ns2)ccc1OCCSc1ccc(C)cc1. The van der Waals surface area contributed by atoms with Gasteiger partial charge in [-0.25, -0.2) is 8.42 Å². The molecule has 0 radical (unpaired) electrons. The van der Waals surface area contributed by atoms with Crippen molar-refractivity contribution in [3.8, 4) is 17.6 Å². The number of aromatic nitrogens is 2. The van der Waals surface area contributed by atoms with Crippen LogP contribution < -0.4 is 14.8 Å².